The first-order chi connectivity index (χ1) is 10.1. The molecule has 0 aliphatic carbocycles. The molecule has 2 N–H and O–H groups in total. The molecule has 0 bridgehead atoms. The van der Waals surface area contributed by atoms with E-state index >= 15 is 0 Å². The predicted molar refractivity (Wildman–Crippen MR) is 92.1 cm³/mol. The number of ether oxygens (including phenoxy) is 1. The van der Waals surface area contributed by atoms with E-state index in [1.54, 1.807) is 0 Å². The molecule has 0 atom stereocenters. The van der Waals surface area contributed by atoms with Crippen LogP contribution in [-0.4, -0.2) is 18.3 Å². The van der Waals surface area contributed by atoms with E-state index in [9.17, 15) is 0 Å². The van der Waals surface area contributed by atoms with E-state index in [4.69, 9.17) is 17.0 Å². The molecule has 0 spiro atoms. The molecule has 0 fully saturated rings. The molecule has 0 heterocycles. The highest BCUT2D eigenvalue weighted by molar-refractivity contribution is 7.80. The lowest BCUT2D eigenvalue weighted by atomic mass is 10.1. The van der Waals surface area contributed by atoms with Crippen LogP contribution in [0.3, 0.4) is 0 Å². The van der Waals surface area contributed by atoms with Gasteiger partial charge in [-0.15, -0.1) is 0 Å². The predicted octanol–water partition coefficient (Wildman–Crippen LogP) is 3.67. The number of hydrogen-bond acceptors (Lipinski definition) is 2. The lowest BCUT2D eigenvalue weighted by Gasteiger charge is -2.13. The highest BCUT2D eigenvalue weighted by Crippen LogP contribution is 2.16. The van der Waals surface area contributed by atoms with Gasteiger partial charge in [0.2, 0.25) is 0 Å². The van der Waals surface area contributed by atoms with Crippen LogP contribution in [0.25, 0.3) is 0 Å². The van der Waals surface area contributed by atoms with Gasteiger partial charge in [-0.1, -0.05) is 30.3 Å². The maximum atomic E-state index is 5.60. The van der Waals surface area contributed by atoms with Gasteiger partial charge in [0, 0.05) is 5.69 Å². The zero-order valence-electron chi connectivity index (χ0n) is 12.3. The van der Waals surface area contributed by atoms with E-state index < -0.39 is 0 Å². The second-order valence-electron chi connectivity index (χ2n) is 4.86. The van der Waals surface area contributed by atoms with Gasteiger partial charge in [0.25, 0.3) is 0 Å². The number of para-hydroxylation sites is 1. The molecule has 0 aliphatic heterocycles. The second-order valence-corrected chi connectivity index (χ2v) is 5.27. The highest BCUT2D eigenvalue weighted by atomic mass is 32.1. The van der Waals surface area contributed by atoms with Crippen molar-refractivity contribution in [2.45, 2.75) is 13.8 Å². The van der Waals surface area contributed by atoms with Crippen molar-refractivity contribution in [2.24, 2.45) is 0 Å². The summed E-state index contributed by atoms with van der Waals surface area (Å²) in [6, 6.07) is 16.0. The van der Waals surface area contributed by atoms with Crippen molar-refractivity contribution in [3.05, 3.63) is 59.7 Å². The summed E-state index contributed by atoms with van der Waals surface area (Å²) in [4.78, 5) is 0. The molecule has 21 heavy (non-hydrogen) atoms. The van der Waals surface area contributed by atoms with Crippen LogP contribution in [0.15, 0.2) is 48.5 Å². The number of nitrogens with one attached hydrogen (secondary N) is 2. The third kappa shape index (κ3) is 5.08. The molecular formula is C17H20N2OS. The molecule has 0 saturated heterocycles. The van der Waals surface area contributed by atoms with Gasteiger partial charge >= 0.3 is 0 Å². The third-order valence-corrected chi connectivity index (χ3v) is 3.29. The Kier molecular flexibility index (Phi) is 5.58. The van der Waals surface area contributed by atoms with Crippen molar-refractivity contribution in [1.82, 2.24) is 5.32 Å². The first-order valence-electron chi connectivity index (χ1n) is 6.95. The fourth-order valence-corrected chi connectivity index (χ4v) is 2.10. The number of rotatable bonds is 5. The van der Waals surface area contributed by atoms with Crippen molar-refractivity contribution in [2.75, 3.05) is 18.5 Å². The van der Waals surface area contributed by atoms with E-state index in [0.717, 1.165) is 11.4 Å². The Hall–Kier alpha value is -2.07. The summed E-state index contributed by atoms with van der Waals surface area (Å²) in [5, 5.41) is 6.97. The van der Waals surface area contributed by atoms with Gasteiger partial charge in [0.05, 0.1) is 6.54 Å². The van der Waals surface area contributed by atoms with Crippen LogP contribution in [0.1, 0.15) is 11.1 Å². The average molecular weight is 300 g/mol. The van der Waals surface area contributed by atoms with Crippen LogP contribution in [0.4, 0.5) is 5.69 Å². The summed E-state index contributed by atoms with van der Waals surface area (Å²) >= 11 is 5.29. The van der Waals surface area contributed by atoms with Crippen LogP contribution in [-0.2, 0) is 0 Å². The molecule has 4 heteroatoms. The summed E-state index contributed by atoms with van der Waals surface area (Å²) in [6.07, 6.45) is 0. The Labute approximate surface area is 131 Å². The van der Waals surface area contributed by atoms with Crippen LogP contribution in [0.2, 0.25) is 0 Å². The zero-order chi connectivity index (χ0) is 15.1. The smallest absolute Gasteiger partial charge is 0.170 e. The third-order valence-electron chi connectivity index (χ3n) is 3.04. The number of benzene rings is 2. The fourth-order valence-electron chi connectivity index (χ4n) is 1.89. The SMILES string of the molecule is Cc1ccc(C)c(NC(=S)NCCOc2ccccc2)c1. The van der Waals surface area contributed by atoms with Gasteiger partial charge in [0.1, 0.15) is 12.4 Å². The minimum atomic E-state index is 0.568. The van der Waals surface area contributed by atoms with Gasteiger partial charge < -0.3 is 15.4 Å². The molecule has 0 aromatic heterocycles. The molecule has 2 rings (SSSR count). The van der Waals surface area contributed by atoms with Gasteiger partial charge in [-0.3, -0.25) is 0 Å². The van der Waals surface area contributed by atoms with Crippen molar-refractivity contribution < 1.29 is 4.74 Å². The fraction of sp³-hybridized carbons (Fsp3) is 0.235. The molecule has 0 radical (unpaired) electrons. The van der Waals surface area contributed by atoms with Crippen molar-refractivity contribution in [1.29, 1.82) is 0 Å². The topological polar surface area (TPSA) is 33.3 Å². The van der Waals surface area contributed by atoms with Gasteiger partial charge in [-0.05, 0) is 55.4 Å². The summed E-state index contributed by atoms with van der Waals surface area (Å²) in [5.41, 5.74) is 3.42. The lowest BCUT2D eigenvalue weighted by Crippen LogP contribution is -2.32. The summed E-state index contributed by atoms with van der Waals surface area (Å²) in [6.45, 7) is 5.35. The highest BCUT2D eigenvalue weighted by Gasteiger charge is 2.01. The second kappa shape index (κ2) is 7.64. The molecule has 0 saturated carbocycles. The van der Waals surface area contributed by atoms with Crippen LogP contribution in [0, 0.1) is 13.8 Å². The largest absolute Gasteiger partial charge is 0.492 e. The lowest BCUT2D eigenvalue weighted by molar-refractivity contribution is 0.323. The number of aryl methyl sites for hydroxylation is 2. The Bertz CT molecular complexity index is 599. The minimum absolute atomic E-state index is 0.568. The number of anilines is 1. The standard InChI is InChI=1S/C17H20N2OS/c1-13-8-9-14(2)16(12-13)19-17(21)18-10-11-20-15-6-4-3-5-7-15/h3-9,12H,10-11H2,1-2H3,(H2,18,19,21). The Morgan fingerprint density at radius 3 is 2.62 bits per heavy atom. The van der Waals surface area contributed by atoms with E-state index in [2.05, 4.69) is 42.7 Å². The van der Waals surface area contributed by atoms with E-state index in [-0.39, 0.29) is 0 Å². The van der Waals surface area contributed by atoms with Crippen molar-refractivity contribution >= 4 is 23.0 Å². The van der Waals surface area contributed by atoms with Crippen LogP contribution in [0.5, 0.6) is 5.75 Å². The first-order valence-corrected chi connectivity index (χ1v) is 7.36. The molecule has 0 aliphatic rings. The van der Waals surface area contributed by atoms with E-state index in [1.807, 2.05) is 30.3 Å². The molecule has 110 valence electrons. The Morgan fingerprint density at radius 1 is 1.10 bits per heavy atom. The number of hydrogen-bond donors (Lipinski definition) is 2. The van der Waals surface area contributed by atoms with E-state index in [0.29, 0.717) is 18.3 Å². The van der Waals surface area contributed by atoms with Gasteiger partial charge in [0.15, 0.2) is 5.11 Å². The first kappa shape index (κ1) is 15.3. The molecule has 0 amide bonds. The van der Waals surface area contributed by atoms with Gasteiger partial charge in [-0.25, -0.2) is 0 Å². The maximum absolute atomic E-state index is 5.60. The average Bonchev–Trinajstić information content (AvgIpc) is 2.48. The molecule has 2 aromatic rings. The zero-order valence-corrected chi connectivity index (χ0v) is 13.2. The Balaban J connectivity index is 1.74. The van der Waals surface area contributed by atoms with Gasteiger partial charge in [-0.2, -0.15) is 0 Å². The molecule has 2 aromatic carbocycles. The van der Waals surface area contributed by atoms with Crippen molar-refractivity contribution in [3.8, 4) is 5.75 Å². The normalized spacial score (nSPS) is 10.0. The molecule has 0 unspecified atom stereocenters. The Morgan fingerprint density at radius 2 is 1.86 bits per heavy atom. The molecule has 3 nitrogen and oxygen atoms in total. The number of thiocarbonyl (C=S) groups is 1. The molecular weight excluding hydrogens is 280 g/mol. The van der Waals surface area contributed by atoms with Crippen LogP contribution < -0.4 is 15.4 Å². The minimum Gasteiger partial charge on any atom is -0.492 e. The van der Waals surface area contributed by atoms with E-state index in [1.165, 1.54) is 11.1 Å². The van der Waals surface area contributed by atoms with Crippen LogP contribution >= 0.6 is 12.2 Å². The summed E-state index contributed by atoms with van der Waals surface area (Å²) in [5.74, 6) is 0.868. The monoisotopic (exact) mass is 300 g/mol. The summed E-state index contributed by atoms with van der Waals surface area (Å²) < 4.78 is 5.60. The maximum Gasteiger partial charge on any atom is 0.170 e. The summed E-state index contributed by atoms with van der Waals surface area (Å²) in [7, 11) is 0. The van der Waals surface area contributed by atoms with Crippen molar-refractivity contribution in [3.63, 3.8) is 0 Å². The quantitative estimate of drug-likeness (QED) is 0.652.